The summed E-state index contributed by atoms with van der Waals surface area (Å²) >= 11 is 0. The van der Waals surface area contributed by atoms with Gasteiger partial charge in [-0.1, -0.05) is 97.1 Å². The second-order valence-corrected chi connectivity index (χ2v) is 11.0. The zero-order valence-electron chi connectivity index (χ0n) is 23.1. The predicted molar refractivity (Wildman–Crippen MR) is 175 cm³/mol. The van der Waals surface area contributed by atoms with Crippen LogP contribution in [0.5, 0.6) is 0 Å². The van der Waals surface area contributed by atoms with E-state index in [1.54, 1.807) is 0 Å². The fraction of sp³-hybridized carbons (Fsp3) is 0.0263. The highest BCUT2D eigenvalue weighted by molar-refractivity contribution is 6.04. The zero-order chi connectivity index (χ0) is 28.3. The van der Waals surface area contributed by atoms with E-state index in [9.17, 15) is 0 Å². The van der Waals surface area contributed by atoms with E-state index in [0.29, 0.717) is 0 Å². The second kappa shape index (κ2) is 9.36. The molecule has 1 aliphatic carbocycles. The van der Waals surface area contributed by atoms with Crippen molar-refractivity contribution in [2.24, 2.45) is 0 Å². The van der Waals surface area contributed by atoms with Gasteiger partial charge in [-0.15, -0.1) is 0 Å². The first-order valence-corrected chi connectivity index (χ1v) is 14.5. The maximum Gasteiger partial charge on any atom is 0.137 e. The van der Waals surface area contributed by atoms with Crippen LogP contribution in [-0.2, 0) is 0 Å². The number of imidazole rings is 1. The molecule has 5 heteroatoms. The third-order valence-corrected chi connectivity index (χ3v) is 8.53. The number of benzene rings is 3. The van der Waals surface area contributed by atoms with Gasteiger partial charge in [0.2, 0.25) is 0 Å². The van der Waals surface area contributed by atoms with Crippen LogP contribution in [0.25, 0.3) is 55.5 Å². The normalized spacial score (nSPS) is 15.6. The summed E-state index contributed by atoms with van der Waals surface area (Å²) in [5.41, 5.74) is 11.7. The summed E-state index contributed by atoms with van der Waals surface area (Å²) < 4.78 is 2.15. The van der Waals surface area contributed by atoms with Gasteiger partial charge in [-0.25, -0.2) is 4.98 Å². The molecule has 0 radical (unpaired) electrons. The molecule has 0 bridgehead atoms. The van der Waals surface area contributed by atoms with Crippen molar-refractivity contribution in [3.05, 3.63) is 157 Å². The second-order valence-electron chi connectivity index (χ2n) is 11.0. The van der Waals surface area contributed by atoms with Crippen molar-refractivity contribution >= 4 is 38.6 Å². The zero-order valence-corrected chi connectivity index (χ0v) is 23.1. The Hall–Kier alpha value is -5.81. The van der Waals surface area contributed by atoms with Crippen molar-refractivity contribution in [3.63, 3.8) is 0 Å². The van der Waals surface area contributed by atoms with Crippen LogP contribution in [0.1, 0.15) is 11.1 Å². The Bertz CT molecular complexity index is 2320. The molecule has 3 aromatic carbocycles. The molecule has 43 heavy (non-hydrogen) atoms. The average molecular weight is 552 g/mol. The van der Waals surface area contributed by atoms with Gasteiger partial charge in [0.25, 0.3) is 0 Å². The number of fused-ring (bicyclic) bond motifs is 6. The topological polar surface area (TPSA) is 55.1 Å². The van der Waals surface area contributed by atoms with Crippen LogP contribution in [0.3, 0.4) is 0 Å². The summed E-state index contributed by atoms with van der Waals surface area (Å²) in [4.78, 5) is 14.7. The van der Waals surface area contributed by atoms with E-state index in [4.69, 9.17) is 15.0 Å². The maximum atomic E-state index is 5.12. The van der Waals surface area contributed by atoms with Gasteiger partial charge in [0.1, 0.15) is 5.65 Å². The van der Waals surface area contributed by atoms with Crippen molar-refractivity contribution in [2.45, 2.75) is 6.04 Å². The molecule has 1 unspecified atom stereocenters. The molecular weight excluding hydrogens is 526 g/mol. The number of pyridine rings is 3. The van der Waals surface area contributed by atoms with E-state index in [1.807, 2.05) is 36.7 Å². The molecule has 0 spiro atoms. The lowest BCUT2D eigenvalue weighted by atomic mass is 9.83. The molecule has 0 amide bonds. The Morgan fingerprint density at radius 2 is 1.53 bits per heavy atom. The van der Waals surface area contributed by atoms with E-state index in [2.05, 4.69) is 113 Å². The molecule has 0 saturated heterocycles. The van der Waals surface area contributed by atoms with Gasteiger partial charge in [-0.2, -0.15) is 0 Å². The summed E-state index contributed by atoms with van der Waals surface area (Å²) in [6.45, 7) is 0. The number of nitrogens with zero attached hydrogens (tertiary/aromatic N) is 4. The molecule has 9 rings (SSSR count). The first kappa shape index (κ1) is 23.9. The third-order valence-electron chi connectivity index (χ3n) is 8.53. The Kier molecular flexibility index (Phi) is 5.19. The molecule has 1 atom stereocenters. The monoisotopic (exact) mass is 551 g/mol. The van der Waals surface area contributed by atoms with Crippen LogP contribution >= 0.6 is 0 Å². The number of hydrogen-bond donors (Lipinski definition) is 1. The molecule has 5 heterocycles. The van der Waals surface area contributed by atoms with Crippen LogP contribution in [0.4, 0.5) is 5.69 Å². The van der Waals surface area contributed by atoms with Crippen LogP contribution in [0.2, 0.25) is 0 Å². The highest BCUT2D eigenvalue weighted by Gasteiger charge is 2.28. The van der Waals surface area contributed by atoms with E-state index in [0.717, 1.165) is 61.2 Å². The number of hydrogen-bond acceptors (Lipinski definition) is 4. The molecule has 1 aliphatic heterocycles. The standard InChI is InChI=1S/C38H25N5/c1-2-10-28-24(8-1)20-22-40-37(28)38-35(42-32-13-5-6-23-43(32)38)27-16-14-25(15-17-27)33-29-11-3-4-12-31(29)41-36-30(33)19-18-26-9-7-21-39-34(26)36/h1-23,31,41H. The van der Waals surface area contributed by atoms with Gasteiger partial charge in [0.05, 0.1) is 34.3 Å². The molecule has 4 aromatic heterocycles. The van der Waals surface area contributed by atoms with Crippen molar-refractivity contribution in [1.82, 2.24) is 19.4 Å². The first-order valence-electron chi connectivity index (χ1n) is 14.5. The lowest BCUT2D eigenvalue weighted by Gasteiger charge is -2.31. The maximum absolute atomic E-state index is 5.12. The van der Waals surface area contributed by atoms with Gasteiger partial charge in [0, 0.05) is 40.5 Å². The average Bonchev–Trinajstić information content (AvgIpc) is 3.46. The minimum Gasteiger partial charge on any atom is -0.372 e. The molecule has 202 valence electrons. The van der Waals surface area contributed by atoms with Crippen molar-refractivity contribution in [3.8, 4) is 22.6 Å². The molecule has 0 fully saturated rings. The minimum absolute atomic E-state index is 0.0854. The van der Waals surface area contributed by atoms with Gasteiger partial charge in [0.15, 0.2) is 0 Å². The molecule has 7 aromatic rings. The fourth-order valence-corrected chi connectivity index (χ4v) is 6.57. The highest BCUT2D eigenvalue weighted by Crippen LogP contribution is 2.43. The lowest BCUT2D eigenvalue weighted by Crippen LogP contribution is -2.26. The van der Waals surface area contributed by atoms with Gasteiger partial charge >= 0.3 is 0 Å². The fourth-order valence-electron chi connectivity index (χ4n) is 6.57. The van der Waals surface area contributed by atoms with Crippen LogP contribution < -0.4 is 5.32 Å². The van der Waals surface area contributed by atoms with Crippen LogP contribution in [-0.4, -0.2) is 25.4 Å². The lowest BCUT2D eigenvalue weighted by molar-refractivity contribution is 1.03. The third kappa shape index (κ3) is 3.68. The SMILES string of the molecule is C1=CC2=C(c3ccc(-c4nc5ccccn5c4-c4nccc5ccccc45)cc3)c3ccc4cccnc4c3NC2C=C1. The van der Waals surface area contributed by atoms with Crippen molar-refractivity contribution < 1.29 is 0 Å². The Morgan fingerprint density at radius 3 is 2.49 bits per heavy atom. The molecular formula is C38H25N5. The minimum atomic E-state index is 0.0854. The van der Waals surface area contributed by atoms with Gasteiger partial charge in [-0.3, -0.25) is 14.4 Å². The van der Waals surface area contributed by atoms with Crippen molar-refractivity contribution in [1.29, 1.82) is 0 Å². The van der Waals surface area contributed by atoms with Crippen molar-refractivity contribution in [2.75, 3.05) is 5.32 Å². The summed E-state index contributed by atoms with van der Waals surface area (Å²) in [6, 6.07) is 34.0. The number of anilines is 1. The first-order chi connectivity index (χ1) is 21.3. The Balaban J connectivity index is 1.23. The van der Waals surface area contributed by atoms with E-state index >= 15 is 0 Å². The van der Waals surface area contributed by atoms with Crippen LogP contribution in [0.15, 0.2) is 146 Å². The quantitative estimate of drug-likeness (QED) is 0.239. The predicted octanol–water partition coefficient (Wildman–Crippen LogP) is 8.49. The molecule has 1 N–H and O–H groups in total. The number of rotatable bonds is 3. The summed E-state index contributed by atoms with van der Waals surface area (Å²) in [7, 11) is 0. The number of allylic oxidation sites excluding steroid dienone is 2. The largest absolute Gasteiger partial charge is 0.372 e. The van der Waals surface area contributed by atoms with Gasteiger partial charge in [-0.05, 0) is 46.4 Å². The summed E-state index contributed by atoms with van der Waals surface area (Å²) in [6.07, 6.45) is 14.5. The number of nitrogens with one attached hydrogen (secondary N) is 1. The highest BCUT2D eigenvalue weighted by atomic mass is 15.0. The Morgan fingerprint density at radius 1 is 0.674 bits per heavy atom. The smallest absolute Gasteiger partial charge is 0.137 e. The number of aromatic nitrogens is 4. The van der Waals surface area contributed by atoms with Crippen LogP contribution in [0, 0.1) is 0 Å². The molecule has 2 aliphatic rings. The molecule has 5 nitrogen and oxygen atoms in total. The summed E-state index contributed by atoms with van der Waals surface area (Å²) in [5.74, 6) is 0. The summed E-state index contributed by atoms with van der Waals surface area (Å²) in [5, 5.41) is 7.15. The van der Waals surface area contributed by atoms with Gasteiger partial charge < -0.3 is 5.32 Å². The van der Waals surface area contributed by atoms with E-state index < -0.39 is 0 Å². The van der Waals surface area contributed by atoms with E-state index in [1.165, 1.54) is 16.7 Å². The van der Waals surface area contributed by atoms with E-state index in [-0.39, 0.29) is 6.04 Å². The molecule has 0 saturated carbocycles. The Labute approximate surface area is 248 Å².